The third kappa shape index (κ3) is 3.32. The van der Waals surface area contributed by atoms with Gasteiger partial charge in [0.1, 0.15) is 24.4 Å². The number of benzene rings is 2. The highest BCUT2D eigenvalue weighted by Gasteiger charge is 2.11. The van der Waals surface area contributed by atoms with Crippen molar-refractivity contribution in [1.29, 1.82) is 0 Å². The summed E-state index contributed by atoms with van der Waals surface area (Å²) in [5.74, 6) is 1.72. The molecule has 0 atom stereocenters. The number of hydrogen-bond donors (Lipinski definition) is 0. The number of fused-ring (bicyclic) bond motifs is 1. The Hall–Kier alpha value is -2.24. The van der Waals surface area contributed by atoms with Crippen LogP contribution in [0.2, 0.25) is 10.0 Å². The van der Waals surface area contributed by atoms with Gasteiger partial charge in [-0.3, -0.25) is 0 Å². The van der Waals surface area contributed by atoms with Gasteiger partial charge in [0.25, 0.3) is 0 Å². The van der Waals surface area contributed by atoms with Crippen molar-refractivity contribution in [2.45, 2.75) is 6.61 Å². The SMILES string of the molecule is COc1c(Cl)cc(Cl)cc1COc1ccc2c(OC)ncnc2c1. The van der Waals surface area contributed by atoms with Crippen molar-refractivity contribution in [1.82, 2.24) is 9.97 Å². The summed E-state index contributed by atoms with van der Waals surface area (Å²) < 4.78 is 16.4. The number of aromatic nitrogens is 2. The fourth-order valence-electron chi connectivity index (χ4n) is 2.38. The Labute approximate surface area is 149 Å². The summed E-state index contributed by atoms with van der Waals surface area (Å²) in [7, 11) is 3.12. The lowest BCUT2D eigenvalue weighted by Gasteiger charge is -2.13. The Kier molecular flexibility index (Phi) is 4.92. The van der Waals surface area contributed by atoms with E-state index in [-0.39, 0.29) is 6.61 Å². The first-order valence-corrected chi connectivity index (χ1v) is 7.81. The lowest BCUT2D eigenvalue weighted by Crippen LogP contribution is -2.00. The van der Waals surface area contributed by atoms with Gasteiger partial charge in [0.2, 0.25) is 5.88 Å². The summed E-state index contributed by atoms with van der Waals surface area (Å²) >= 11 is 12.2. The molecule has 0 aliphatic carbocycles. The van der Waals surface area contributed by atoms with E-state index in [9.17, 15) is 0 Å². The molecule has 0 spiro atoms. The quantitative estimate of drug-likeness (QED) is 0.665. The topological polar surface area (TPSA) is 53.5 Å². The molecule has 0 saturated carbocycles. The van der Waals surface area contributed by atoms with Crippen molar-refractivity contribution in [2.24, 2.45) is 0 Å². The molecule has 0 aliphatic heterocycles. The Morgan fingerprint density at radius 2 is 1.83 bits per heavy atom. The lowest BCUT2D eigenvalue weighted by atomic mass is 10.2. The molecule has 1 aromatic heterocycles. The van der Waals surface area contributed by atoms with Crippen LogP contribution in [0.1, 0.15) is 5.56 Å². The van der Waals surface area contributed by atoms with E-state index in [1.165, 1.54) is 6.33 Å². The van der Waals surface area contributed by atoms with Gasteiger partial charge >= 0.3 is 0 Å². The van der Waals surface area contributed by atoms with Crippen LogP contribution in [0, 0.1) is 0 Å². The predicted octanol–water partition coefficient (Wildman–Crippen LogP) is 4.53. The molecule has 1 heterocycles. The highest BCUT2D eigenvalue weighted by atomic mass is 35.5. The third-order valence-electron chi connectivity index (χ3n) is 3.45. The van der Waals surface area contributed by atoms with Crippen LogP contribution in [0.4, 0.5) is 0 Å². The highest BCUT2D eigenvalue weighted by molar-refractivity contribution is 6.35. The standard InChI is InChI=1S/C17H14Cl2N2O3/c1-22-16-10(5-11(18)6-14(16)19)8-24-12-3-4-13-15(7-12)20-9-21-17(13)23-2/h3-7,9H,8H2,1-2H3. The molecule has 2 aromatic carbocycles. The van der Waals surface area contributed by atoms with Crippen LogP contribution in [0.25, 0.3) is 10.9 Å². The molecule has 0 radical (unpaired) electrons. The zero-order chi connectivity index (χ0) is 17.1. The smallest absolute Gasteiger partial charge is 0.224 e. The Bertz CT molecular complexity index is 887. The van der Waals surface area contributed by atoms with Gasteiger partial charge in [-0.2, -0.15) is 0 Å². The zero-order valence-electron chi connectivity index (χ0n) is 13.0. The number of nitrogens with zero attached hydrogens (tertiary/aromatic N) is 2. The second-order valence-electron chi connectivity index (χ2n) is 4.93. The van der Waals surface area contributed by atoms with E-state index in [1.54, 1.807) is 26.4 Å². The second-order valence-corrected chi connectivity index (χ2v) is 5.77. The van der Waals surface area contributed by atoms with E-state index >= 15 is 0 Å². The molecule has 0 aliphatic rings. The van der Waals surface area contributed by atoms with Crippen molar-refractivity contribution in [3.8, 4) is 17.4 Å². The first-order chi connectivity index (χ1) is 11.6. The molecular weight excluding hydrogens is 351 g/mol. The molecule has 0 amide bonds. The fourth-order valence-corrected chi connectivity index (χ4v) is 2.99. The van der Waals surface area contributed by atoms with Crippen LogP contribution < -0.4 is 14.2 Å². The molecule has 0 bridgehead atoms. The van der Waals surface area contributed by atoms with Gasteiger partial charge in [0.15, 0.2) is 0 Å². The maximum atomic E-state index is 6.13. The number of ether oxygens (including phenoxy) is 3. The minimum Gasteiger partial charge on any atom is -0.495 e. The molecule has 124 valence electrons. The van der Waals surface area contributed by atoms with Crippen molar-refractivity contribution >= 4 is 34.1 Å². The summed E-state index contributed by atoms with van der Waals surface area (Å²) in [6, 6.07) is 8.89. The van der Waals surface area contributed by atoms with Gasteiger partial charge in [-0.25, -0.2) is 9.97 Å². The minimum atomic E-state index is 0.261. The van der Waals surface area contributed by atoms with Crippen molar-refractivity contribution in [3.05, 3.63) is 52.3 Å². The number of hydrogen-bond acceptors (Lipinski definition) is 5. The maximum Gasteiger partial charge on any atom is 0.224 e. The summed E-state index contributed by atoms with van der Waals surface area (Å²) in [5, 5.41) is 1.78. The molecule has 24 heavy (non-hydrogen) atoms. The van der Waals surface area contributed by atoms with E-state index < -0.39 is 0 Å². The van der Waals surface area contributed by atoms with Gasteiger partial charge < -0.3 is 14.2 Å². The summed E-state index contributed by atoms with van der Waals surface area (Å²) in [4.78, 5) is 8.30. The van der Waals surface area contributed by atoms with E-state index in [0.29, 0.717) is 27.4 Å². The third-order valence-corrected chi connectivity index (χ3v) is 3.95. The van der Waals surface area contributed by atoms with Crippen LogP contribution >= 0.6 is 23.2 Å². The number of halogens is 2. The van der Waals surface area contributed by atoms with Crippen LogP contribution in [0.3, 0.4) is 0 Å². The monoisotopic (exact) mass is 364 g/mol. The van der Waals surface area contributed by atoms with Crippen LogP contribution in [-0.4, -0.2) is 24.2 Å². The molecule has 7 heteroatoms. The Morgan fingerprint density at radius 1 is 1.00 bits per heavy atom. The maximum absolute atomic E-state index is 6.13. The van der Waals surface area contributed by atoms with Crippen molar-refractivity contribution in [3.63, 3.8) is 0 Å². The van der Waals surface area contributed by atoms with Gasteiger partial charge in [0, 0.05) is 16.7 Å². The minimum absolute atomic E-state index is 0.261. The number of rotatable bonds is 5. The fraction of sp³-hybridized carbons (Fsp3) is 0.176. The van der Waals surface area contributed by atoms with Crippen molar-refractivity contribution < 1.29 is 14.2 Å². The Balaban J connectivity index is 1.86. The first-order valence-electron chi connectivity index (χ1n) is 7.06. The van der Waals surface area contributed by atoms with Gasteiger partial charge in [0.05, 0.1) is 30.1 Å². The van der Waals surface area contributed by atoms with Crippen LogP contribution in [0.5, 0.6) is 17.4 Å². The van der Waals surface area contributed by atoms with Gasteiger partial charge in [-0.1, -0.05) is 23.2 Å². The van der Waals surface area contributed by atoms with E-state index in [1.807, 2.05) is 18.2 Å². The largest absolute Gasteiger partial charge is 0.495 e. The zero-order valence-corrected chi connectivity index (χ0v) is 14.6. The molecule has 0 N–H and O–H groups in total. The normalized spacial score (nSPS) is 10.7. The van der Waals surface area contributed by atoms with E-state index in [4.69, 9.17) is 37.4 Å². The van der Waals surface area contributed by atoms with E-state index in [2.05, 4.69) is 9.97 Å². The molecule has 3 aromatic rings. The molecule has 0 unspecified atom stereocenters. The van der Waals surface area contributed by atoms with Gasteiger partial charge in [-0.15, -0.1) is 0 Å². The molecular formula is C17H14Cl2N2O3. The average Bonchev–Trinajstić information content (AvgIpc) is 2.58. The predicted molar refractivity (Wildman–Crippen MR) is 93.4 cm³/mol. The molecule has 0 saturated heterocycles. The highest BCUT2D eigenvalue weighted by Crippen LogP contribution is 2.33. The molecule has 0 fully saturated rings. The average molecular weight is 365 g/mol. The lowest BCUT2D eigenvalue weighted by molar-refractivity contribution is 0.297. The first kappa shape index (κ1) is 16.6. The number of methoxy groups -OCH3 is 2. The second kappa shape index (κ2) is 7.11. The van der Waals surface area contributed by atoms with Crippen molar-refractivity contribution in [2.75, 3.05) is 14.2 Å². The van der Waals surface area contributed by atoms with Gasteiger partial charge in [-0.05, 0) is 24.3 Å². The van der Waals surface area contributed by atoms with Crippen LogP contribution in [-0.2, 0) is 6.61 Å². The van der Waals surface area contributed by atoms with E-state index in [0.717, 1.165) is 16.5 Å². The summed E-state index contributed by atoms with van der Waals surface area (Å²) in [6.07, 6.45) is 1.45. The summed E-state index contributed by atoms with van der Waals surface area (Å²) in [5.41, 5.74) is 1.49. The molecule has 5 nitrogen and oxygen atoms in total. The Morgan fingerprint density at radius 3 is 2.58 bits per heavy atom. The van der Waals surface area contributed by atoms with Crippen LogP contribution in [0.15, 0.2) is 36.7 Å². The summed E-state index contributed by atoms with van der Waals surface area (Å²) in [6.45, 7) is 0.261. The molecule has 3 rings (SSSR count).